The number of carboxylic acid groups (broad SMARTS) is 1. The van der Waals surface area contributed by atoms with Crippen LogP contribution in [0.25, 0.3) is 0 Å². The molecule has 1 N–H and O–H groups in total. The lowest BCUT2D eigenvalue weighted by Crippen LogP contribution is -2.13. The van der Waals surface area contributed by atoms with Crippen LogP contribution in [0.5, 0.6) is 0 Å². The number of nitrogens with zero attached hydrogens (tertiary/aromatic N) is 2. The normalized spacial score (nSPS) is 11.3. The van der Waals surface area contributed by atoms with Gasteiger partial charge >= 0.3 is 12.1 Å². The van der Waals surface area contributed by atoms with E-state index in [2.05, 4.69) is 9.97 Å². The number of rotatable bonds is 1. The van der Waals surface area contributed by atoms with Gasteiger partial charge in [-0.05, 0) is 6.07 Å². The van der Waals surface area contributed by atoms with Crippen molar-refractivity contribution in [1.29, 1.82) is 0 Å². The van der Waals surface area contributed by atoms with Gasteiger partial charge in [-0.3, -0.25) is 0 Å². The highest BCUT2D eigenvalue weighted by atomic mass is 19.4. The van der Waals surface area contributed by atoms with Crippen molar-refractivity contribution in [3.05, 3.63) is 23.8 Å². The van der Waals surface area contributed by atoms with Crippen molar-refractivity contribution < 1.29 is 23.1 Å². The molecule has 1 aromatic rings. The van der Waals surface area contributed by atoms with Gasteiger partial charge in [-0.1, -0.05) is 0 Å². The van der Waals surface area contributed by atoms with Crippen LogP contribution in [-0.2, 0) is 6.18 Å². The molecule has 7 heteroatoms. The fourth-order valence-corrected chi connectivity index (χ4v) is 0.614. The molecule has 0 fully saturated rings. The van der Waals surface area contributed by atoms with Crippen LogP contribution in [0.2, 0.25) is 0 Å². The van der Waals surface area contributed by atoms with E-state index in [1.807, 2.05) is 0 Å². The van der Waals surface area contributed by atoms with Crippen molar-refractivity contribution in [3.63, 3.8) is 0 Å². The molecule has 0 radical (unpaired) electrons. The van der Waals surface area contributed by atoms with E-state index in [-0.39, 0.29) is 0 Å². The van der Waals surface area contributed by atoms with Crippen LogP contribution in [0.4, 0.5) is 13.2 Å². The van der Waals surface area contributed by atoms with Gasteiger partial charge in [-0.2, -0.15) is 13.2 Å². The second-order valence-corrected chi connectivity index (χ2v) is 2.07. The minimum absolute atomic E-state index is 0.678. The zero-order valence-corrected chi connectivity index (χ0v) is 6.04. The molecule has 0 aliphatic heterocycles. The van der Waals surface area contributed by atoms with Gasteiger partial charge in [-0.25, -0.2) is 14.8 Å². The van der Waals surface area contributed by atoms with E-state index in [9.17, 15) is 18.0 Å². The summed E-state index contributed by atoms with van der Waals surface area (Å²) in [6.07, 6.45) is -3.97. The summed E-state index contributed by atoms with van der Waals surface area (Å²) in [5, 5.41) is 8.32. The van der Waals surface area contributed by atoms with Crippen molar-refractivity contribution in [3.8, 4) is 0 Å². The molecule has 0 bridgehead atoms. The van der Waals surface area contributed by atoms with Crippen molar-refractivity contribution >= 4 is 5.97 Å². The van der Waals surface area contributed by atoms with Gasteiger partial charge in [0.05, 0.1) is 0 Å². The van der Waals surface area contributed by atoms with E-state index < -0.39 is 23.7 Å². The number of carboxylic acids is 1. The van der Waals surface area contributed by atoms with Gasteiger partial charge in [-0.15, -0.1) is 0 Å². The SMILES string of the molecule is O=C(O)c1ccnc(C(F)(F)F)n1. The van der Waals surface area contributed by atoms with E-state index >= 15 is 0 Å². The average Bonchev–Trinajstić information content (AvgIpc) is 2.03. The summed E-state index contributed by atoms with van der Waals surface area (Å²) < 4.78 is 35.7. The lowest BCUT2D eigenvalue weighted by molar-refractivity contribution is -0.145. The van der Waals surface area contributed by atoms with Gasteiger partial charge in [0.2, 0.25) is 5.82 Å². The maximum absolute atomic E-state index is 11.9. The zero-order valence-electron chi connectivity index (χ0n) is 6.04. The maximum atomic E-state index is 11.9. The van der Waals surface area contributed by atoms with Crippen LogP contribution in [0, 0.1) is 0 Å². The second kappa shape index (κ2) is 3.00. The van der Waals surface area contributed by atoms with E-state index in [1.54, 1.807) is 0 Å². The molecule has 13 heavy (non-hydrogen) atoms. The summed E-state index contributed by atoms with van der Waals surface area (Å²) >= 11 is 0. The highest BCUT2D eigenvalue weighted by molar-refractivity contribution is 5.85. The van der Waals surface area contributed by atoms with Crippen LogP contribution in [0.15, 0.2) is 12.3 Å². The maximum Gasteiger partial charge on any atom is 0.451 e. The first-order valence-electron chi connectivity index (χ1n) is 3.05. The Labute approximate surface area is 70.1 Å². The predicted molar refractivity (Wildman–Crippen MR) is 34.0 cm³/mol. The smallest absolute Gasteiger partial charge is 0.451 e. The van der Waals surface area contributed by atoms with E-state index in [4.69, 9.17) is 5.11 Å². The Hall–Kier alpha value is -1.66. The Morgan fingerprint density at radius 2 is 2.08 bits per heavy atom. The molecular formula is C6H3F3N2O2. The third-order valence-electron chi connectivity index (χ3n) is 1.13. The molecular weight excluding hydrogens is 189 g/mol. The molecule has 1 aromatic heterocycles. The summed E-state index contributed by atoms with van der Waals surface area (Å²) in [6, 6.07) is 0.886. The fourth-order valence-electron chi connectivity index (χ4n) is 0.614. The minimum Gasteiger partial charge on any atom is -0.477 e. The largest absolute Gasteiger partial charge is 0.477 e. The molecule has 0 aliphatic carbocycles. The molecule has 0 aromatic carbocycles. The van der Waals surface area contributed by atoms with E-state index in [0.29, 0.717) is 0 Å². The monoisotopic (exact) mass is 192 g/mol. The number of alkyl halides is 3. The average molecular weight is 192 g/mol. The first-order valence-corrected chi connectivity index (χ1v) is 3.05. The Morgan fingerprint density at radius 1 is 1.46 bits per heavy atom. The molecule has 4 nitrogen and oxygen atoms in total. The first kappa shape index (κ1) is 9.43. The Morgan fingerprint density at radius 3 is 2.54 bits per heavy atom. The number of carbonyl (C=O) groups is 1. The molecule has 0 atom stereocenters. The Kier molecular flexibility index (Phi) is 2.18. The Bertz CT molecular complexity index is 337. The van der Waals surface area contributed by atoms with Gasteiger partial charge in [0, 0.05) is 6.20 Å². The third kappa shape index (κ3) is 2.14. The first-order chi connectivity index (χ1) is 5.91. The molecule has 70 valence electrons. The molecule has 0 aliphatic rings. The van der Waals surface area contributed by atoms with Crippen molar-refractivity contribution in [2.75, 3.05) is 0 Å². The summed E-state index contributed by atoms with van der Waals surface area (Å²) in [5.74, 6) is -2.97. The van der Waals surface area contributed by atoms with Gasteiger partial charge in [0.1, 0.15) is 0 Å². The van der Waals surface area contributed by atoms with Crippen LogP contribution in [0.3, 0.4) is 0 Å². The molecule has 0 saturated carbocycles. The molecule has 0 saturated heterocycles. The van der Waals surface area contributed by atoms with Gasteiger partial charge < -0.3 is 5.11 Å². The highest BCUT2D eigenvalue weighted by Crippen LogP contribution is 2.25. The summed E-state index contributed by atoms with van der Waals surface area (Å²) in [6.45, 7) is 0. The zero-order chi connectivity index (χ0) is 10.1. The van der Waals surface area contributed by atoms with Crippen LogP contribution < -0.4 is 0 Å². The second-order valence-electron chi connectivity index (χ2n) is 2.07. The van der Waals surface area contributed by atoms with E-state index in [1.165, 1.54) is 0 Å². The number of hydrogen-bond acceptors (Lipinski definition) is 3. The van der Waals surface area contributed by atoms with Crippen molar-refractivity contribution in [1.82, 2.24) is 9.97 Å². The molecule has 0 spiro atoms. The van der Waals surface area contributed by atoms with Crippen LogP contribution in [0.1, 0.15) is 16.3 Å². The number of aromatic carboxylic acids is 1. The van der Waals surface area contributed by atoms with Gasteiger partial charge in [0.15, 0.2) is 5.69 Å². The summed E-state index contributed by atoms with van der Waals surface area (Å²) in [4.78, 5) is 15.9. The molecule has 0 amide bonds. The van der Waals surface area contributed by atoms with Crippen molar-refractivity contribution in [2.24, 2.45) is 0 Å². The van der Waals surface area contributed by atoms with Crippen molar-refractivity contribution in [2.45, 2.75) is 6.18 Å². The third-order valence-corrected chi connectivity index (χ3v) is 1.13. The topological polar surface area (TPSA) is 63.1 Å². The van der Waals surface area contributed by atoms with Gasteiger partial charge in [0.25, 0.3) is 0 Å². The lowest BCUT2D eigenvalue weighted by Gasteiger charge is -2.03. The molecule has 0 unspecified atom stereocenters. The fraction of sp³-hybridized carbons (Fsp3) is 0.167. The molecule has 1 heterocycles. The Balaban J connectivity index is 3.13. The summed E-state index contributed by atoms with van der Waals surface area (Å²) in [5.41, 5.74) is -0.678. The minimum atomic E-state index is -4.72. The van der Waals surface area contributed by atoms with Crippen LogP contribution >= 0.6 is 0 Å². The predicted octanol–water partition coefficient (Wildman–Crippen LogP) is 1.19. The quantitative estimate of drug-likeness (QED) is 0.725. The van der Waals surface area contributed by atoms with Crippen LogP contribution in [-0.4, -0.2) is 21.0 Å². The van der Waals surface area contributed by atoms with E-state index in [0.717, 1.165) is 12.3 Å². The lowest BCUT2D eigenvalue weighted by atomic mass is 10.4. The highest BCUT2D eigenvalue weighted by Gasteiger charge is 2.35. The standard InChI is InChI=1S/C6H3F3N2O2/c7-6(8,9)5-10-2-1-3(11-5)4(12)13/h1-2H,(H,12,13). The number of halogens is 3. The number of aromatic nitrogens is 2. The summed E-state index contributed by atoms with van der Waals surface area (Å²) in [7, 11) is 0. The number of hydrogen-bond donors (Lipinski definition) is 1. The molecule has 1 rings (SSSR count).